The van der Waals surface area contributed by atoms with Gasteiger partial charge in [0.15, 0.2) is 11.7 Å². The van der Waals surface area contributed by atoms with Crippen LogP contribution in [0.3, 0.4) is 0 Å². The third-order valence-electron chi connectivity index (χ3n) is 3.08. The second-order valence-corrected chi connectivity index (χ2v) is 4.83. The molecule has 0 aliphatic carbocycles. The number of amides is 1. The van der Waals surface area contributed by atoms with Gasteiger partial charge in [-0.25, -0.2) is 4.98 Å². The lowest BCUT2D eigenvalue weighted by Crippen LogP contribution is -2.27. The van der Waals surface area contributed by atoms with Crippen molar-refractivity contribution >= 4 is 5.91 Å². The highest BCUT2D eigenvalue weighted by molar-refractivity contribution is 5.76. The highest BCUT2D eigenvalue weighted by atomic mass is 16.5. The molecule has 0 atom stereocenters. The molecule has 1 amide bonds. The van der Waals surface area contributed by atoms with Gasteiger partial charge in [0.1, 0.15) is 0 Å². The van der Waals surface area contributed by atoms with E-state index < -0.39 is 0 Å². The number of nitrogens with zero attached hydrogens (tertiary/aromatic N) is 1. The Hall–Kier alpha value is -2.14. The number of methoxy groups -OCH3 is 1. The second kappa shape index (κ2) is 7.59. The van der Waals surface area contributed by atoms with Gasteiger partial charge in [-0.1, -0.05) is 29.8 Å². The molecule has 112 valence electrons. The first-order valence-corrected chi connectivity index (χ1v) is 6.96. The summed E-state index contributed by atoms with van der Waals surface area (Å²) >= 11 is 0. The van der Waals surface area contributed by atoms with Gasteiger partial charge >= 0.3 is 0 Å². The first-order valence-electron chi connectivity index (χ1n) is 6.96. The molecule has 0 saturated carbocycles. The van der Waals surface area contributed by atoms with E-state index in [4.69, 9.17) is 9.15 Å². The first kappa shape index (κ1) is 15.3. The van der Waals surface area contributed by atoms with Crippen molar-refractivity contribution in [2.45, 2.75) is 19.8 Å². The lowest BCUT2D eigenvalue weighted by Gasteiger charge is -2.02. The number of nitrogens with one attached hydrogen (secondary N) is 1. The van der Waals surface area contributed by atoms with Gasteiger partial charge in [-0.3, -0.25) is 4.79 Å². The van der Waals surface area contributed by atoms with Gasteiger partial charge in [-0.15, -0.1) is 0 Å². The molecule has 1 N–H and O–H groups in total. The minimum atomic E-state index is -0.0258. The zero-order valence-corrected chi connectivity index (χ0v) is 12.4. The fourth-order valence-corrected chi connectivity index (χ4v) is 1.88. The van der Waals surface area contributed by atoms with Crippen LogP contribution in [0.15, 0.2) is 34.9 Å². The molecule has 5 nitrogen and oxygen atoms in total. The number of carbonyl (C=O) groups excluding carboxylic acids is 1. The van der Waals surface area contributed by atoms with Crippen LogP contribution in [0.4, 0.5) is 0 Å². The van der Waals surface area contributed by atoms with Crippen LogP contribution < -0.4 is 5.32 Å². The molecule has 0 unspecified atom stereocenters. The minimum absolute atomic E-state index is 0.0258. The minimum Gasteiger partial charge on any atom is -0.441 e. The summed E-state index contributed by atoms with van der Waals surface area (Å²) in [5.41, 5.74) is 2.19. The van der Waals surface area contributed by atoms with Crippen LogP contribution in [-0.2, 0) is 16.0 Å². The number of aryl methyl sites for hydroxylation is 2. The molecule has 2 aromatic rings. The topological polar surface area (TPSA) is 64.4 Å². The van der Waals surface area contributed by atoms with Gasteiger partial charge in [0, 0.05) is 32.1 Å². The van der Waals surface area contributed by atoms with E-state index >= 15 is 0 Å². The van der Waals surface area contributed by atoms with Gasteiger partial charge in [0.05, 0.1) is 12.8 Å². The second-order valence-electron chi connectivity index (χ2n) is 4.83. The van der Waals surface area contributed by atoms with Crippen LogP contribution in [0.1, 0.15) is 17.9 Å². The van der Waals surface area contributed by atoms with Crippen molar-refractivity contribution in [2.75, 3.05) is 20.3 Å². The zero-order valence-electron chi connectivity index (χ0n) is 12.4. The molecule has 0 bridgehead atoms. The maximum absolute atomic E-state index is 11.6. The predicted octanol–water partition coefficient (Wildman–Crippen LogP) is 2.35. The summed E-state index contributed by atoms with van der Waals surface area (Å²) in [5, 5.41) is 2.77. The van der Waals surface area contributed by atoms with Crippen molar-refractivity contribution < 1.29 is 13.9 Å². The Balaban J connectivity index is 1.86. The quantitative estimate of drug-likeness (QED) is 0.794. The zero-order chi connectivity index (χ0) is 15.1. The molecule has 21 heavy (non-hydrogen) atoms. The Bertz CT molecular complexity index is 575. The lowest BCUT2D eigenvalue weighted by molar-refractivity contribution is -0.121. The summed E-state index contributed by atoms with van der Waals surface area (Å²) in [6, 6.07) is 8.05. The van der Waals surface area contributed by atoms with Crippen LogP contribution in [0.5, 0.6) is 0 Å². The van der Waals surface area contributed by atoms with Crippen molar-refractivity contribution in [1.82, 2.24) is 10.3 Å². The van der Waals surface area contributed by atoms with Crippen molar-refractivity contribution in [3.05, 3.63) is 41.9 Å². The number of hydrogen-bond donors (Lipinski definition) is 1. The third kappa shape index (κ3) is 4.72. The summed E-state index contributed by atoms with van der Waals surface area (Å²) < 4.78 is 10.5. The van der Waals surface area contributed by atoms with E-state index in [1.807, 2.05) is 31.2 Å². The Labute approximate surface area is 124 Å². The fraction of sp³-hybridized carbons (Fsp3) is 0.375. The Morgan fingerprint density at radius 1 is 1.33 bits per heavy atom. The van der Waals surface area contributed by atoms with Crippen LogP contribution in [0, 0.1) is 6.92 Å². The highest BCUT2D eigenvalue weighted by Crippen LogP contribution is 2.21. The lowest BCUT2D eigenvalue weighted by atomic mass is 10.1. The third-order valence-corrected chi connectivity index (χ3v) is 3.08. The molecule has 0 fully saturated rings. The molecule has 1 aromatic carbocycles. The SMILES string of the molecule is COCCNC(=O)CCc1ncc(-c2ccc(C)cc2)o1. The first-order chi connectivity index (χ1) is 10.2. The highest BCUT2D eigenvalue weighted by Gasteiger charge is 2.08. The molecule has 0 aliphatic rings. The number of rotatable bonds is 7. The maximum Gasteiger partial charge on any atom is 0.220 e. The van der Waals surface area contributed by atoms with E-state index in [1.54, 1.807) is 13.3 Å². The summed E-state index contributed by atoms with van der Waals surface area (Å²) in [4.78, 5) is 15.8. The van der Waals surface area contributed by atoms with E-state index in [-0.39, 0.29) is 5.91 Å². The Morgan fingerprint density at radius 3 is 2.81 bits per heavy atom. The summed E-state index contributed by atoms with van der Waals surface area (Å²) in [6.07, 6.45) is 2.55. The van der Waals surface area contributed by atoms with Crippen LogP contribution >= 0.6 is 0 Å². The number of oxazole rings is 1. The van der Waals surface area contributed by atoms with Crippen molar-refractivity contribution in [3.8, 4) is 11.3 Å². The number of carbonyl (C=O) groups is 1. The van der Waals surface area contributed by atoms with Crippen LogP contribution in [-0.4, -0.2) is 31.2 Å². The van der Waals surface area contributed by atoms with E-state index in [9.17, 15) is 4.79 Å². The predicted molar refractivity (Wildman–Crippen MR) is 79.9 cm³/mol. The van der Waals surface area contributed by atoms with E-state index in [0.29, 0.717) is 31.9 Å². The molecule has 1 aromatic heterocycles. The standard InChI is InChI=1S/C16H20N2O3/c1-12-3-5-13(6-4-12)14-11-18-16(21-14)8-7-15(19)17-9-10-20-2/h3-6,11H,7-10H2,1-2H3,(H,17,19). The average molecular weight is 288 g/mol. The molecule has 2 rings (SSSR count). The summed E-state index contributed by atoms with van der Waals surface area (Å²) in [6.45, 7) is 3.08. The molecule has 1 heterocycles. The van der Waals surface area contributed by atoms with E-state index in [0.717, 1.165) is 11.3 Å². The van der Waals surface area contributed by atoms with Gasteiger partial charge in [0.25, 0.3) is 0 Å². The summed E-state index contributed by atoms with van der Waals surface area (Å²) in [7, 11) is 1.60. The number of ether oxygens (including phenoxy) is 1. The maximum atomic E-state index is 11.6. The monoisotopic (exact) mass is 288 g/mol. The smallest absolute Gasteiger partial charge is 0.220 e. The van der Waals surface area contributed by atoms with Crippen LogP contribution in [0.2, 0.25) is 0 Å². The number of aromatic nitrogens is 1. The number of hydrogen-bond acceptors (Lipinski definition) is 4. The molecule has 0 radical (unpaired) electrons. The van der Waals surface area contributed by atoms with Crippen molar-refractivity contribution in [2.24, 2.45) is 0 Å². The van der Waals surface area contributed by atoms with E-state index in [2.05, 4.69) is 10.3 Å². The van der Waals surface area contributed by atoms with Gasteiger partial charge < -0.3 is 14.5 Å². The molecule has 0 spiro atoms. The van der Waals surface area contributed by atoms with Crippen molar-refractivity contribution in [3.63, 3.8) is 0 Å². The van der Waals surface area contributed by atoms with Gasteiger partial charge in [0.2, 0.25) is 5.91 Å². The molecular formula is C16H20N2O3. The van der Waals surface area contributed by atoms with E-state index in [1.165, 1.54) is 5.56 Å². The van der Waals surface area contributed by atoms with Crippen molar-refractivity contribution in [1.29, 1.82) is 0 Å². The normalized spacial score (nSPS) is 10.6. The molecule has 0 aliphatic heterocycles. The molecule has 5 heteroatoms. The Kier molecular flexibility index (Phi) is 5.51. The number of benzene rings is 1. The van der Waals surface area contributed by atoms with Crippen LogP contribution in [0.25, 0.3) is 11.3 Å². The average Bonchev–Trinajstić information content (AvgIpc) is 2.95. The van der Waals surface area contributed by atoms with Gasteiger partial charge in [-0.05, 0) is 6.92 Å². The summed E-state index contributed by atoms with van der Waals surface area (Å²) in [5.74, 6) is 1.28. The largest absolute Gasteiger partial charge is 0.441 e. The van der Waals surface area contributed by atoms with Gasteiger partial charge in [-0.2, -0.15) is 0 Å². The Morgan fingerprint density at radius 2 is 2.10 bits per heavy atom. The fourth-order valence-electron chi connectivity index (χ4n) is 1.88. The molecular weight excluding hydrogens is 268 g/mol. The molecule has 0 saturated heterocycles.